The van der Waals surface area contributed by atoms with Crippen LogP contribution in [0.3, 0.4) is 0 Å². The van der Waals surface area contributed by atoms with Gasteiger partial charge in [0, 0.05) is 12.2 Å². The van der Waals surface area contributed by atoms with Gasteiger partial charge in [-0.15, -0.1) is 0 Å². The van der Waals surface area contributed by atoms with E-state index < -0.39 is 34.3 Å². The summed E-state index contributed by atoms with van der Waals surface area (Å²) in [4.78, 5) is 26.9. The van der Waals surface area contributed by atoms with Crippen molar-refractivity contribution in [3.05, 3.63) is 23.0 Å². The molecule has 1 unspecified atom stereocenters. The lowest BCUT2D eigenvalue weighted by Crippen LogP contribution is -2.44. The van der Waals surface area contributed by atoms with Gasteiger partial charge in [0.2, 0.25) is 0 Å². The fourth-order valence-electron chi connectivity index (χ4n) is 2.18. The van der Waals surface area contributed by atoms with E-state index in [1.54, 1.807) is 0 Å². The quantitative estimate of drug-likeness (QED) is 0.834. The number of H-pyrrole nitrogens is 1. The molecule has 1 fully saturated rings. The first-order chi connectivity index (χ1) is 9.28. The Bertz CT molecular complexity index is 639. The topological polar surface area (TPSA) is 108 Å². The van der Waals surface area contributed by atoms with Gasteiger partial charge in [0.1, 0.15) is 12.2 Å². The van der Waals surface area contributed by atoms with Crippen LogP contribution >= 0.6 is 11.6 Å². The summed E-state index contributed by atoms with van der Waals surface area (Å²) in [6.45, 7) is -0.546. The molecule has 0 radical (unpaired) electrons. The minimum Gasteiger partial charge on any atom is -0.480 e. The zero-order chi connectivity index (χ0) is 14.9. The van der Waals surface area contributed by atoms with Crippen molar-refractivity contribution in [1.29, 1.82) is 0 Å². The summed E-state index contributed by atoms with van der Waals surface area (Å²) in [5, 5.41) is 9.22. The van der Waals surface area contributed by atoms with Crippen LogP contribution in [0.5, 0.6) is 0 Å². The number of nitrogens with one attached hydrogen (secondary N) is 1. The molecule has 1 amide bonds. The number of aliphatic carboxylic acids is 1. The number of sulfone groups is 1. The van der Waals surface area contributed by atoms with Gasteiger partial charge in [-0.3, -0.25) is 9.59 Å². The first-order valence-electron chi connectivity index (χ1n) is 5.85. The minimum absolute atomic E-state index is 0.0352. The van der Waals surface area contributed by atoms with Gasteiger partial charge in [-0.05, 0) is 12.5 Å². The van der Waals surface area contributed by atoms with Crippen molar-refractivity contribution in [3.8, 4) is 0 Å². The van der Waals surface area contributed by atoms with Crippen LogP contribution < -0.4 is 0 Å². The number of hydrogen-bond donors (Lipinski definition) is 2. The Labute approximate surface area is 120 Å². The van der Waals surface area contributed by atoms with Gasteiger partial charge in [-0.25, -0.2) is 8.42 Å². The Morgan fingerprint density at radius 2 is 2.20 bits per heavy atom. The van der Waals surface area contributed by atoms with E-state index in [1.807, 2.05) is 0 Å². The van der Waals surface area contributed by atoms with Crippen LogP contribution in [0, 0.1) is 0 Å². The molecule has 0 spiro atoms. The Morgan fingerprint density at radius 1 is 1.50 bits per heavy atom. The maximum Gasteiger partial charge on any atom is 0.323 e. The van der Waals surface area contributed by atoms with E-state index in [1.165, 1.54) is 12.3 Å². The lowest BCUT2D eigenvalue weighted by atomic mass is 10.2. The van der Waals surface area contributed by atoms with E-state index in [9.17, 15) is 18.0 Å². The van der Waals surface area contributed by atoms with E-state index in [0.717, 1.165) is 4.90 Å². The number of carbonyl (C=O) groups is 2. The fraction of sp³-hybridized carbons (Fsp3) is 0.455. The highest BCUT2D eigenvalue weighted by Gasteiger charge is 2.36. The second kappa shape index (κ2) is 5.45. The number of hydrogen-bond acceptors (Lipinski definition) is 4. The second-order valence-electron chi connectivity index (χ2n) is 4.62. The predicted molar refractivity (Wildman–Crippen MR) is 71.5 cm³/mol. The summed E-state index contributed by atoms with van der Waals surface area (Å²) in [5.41, 5.74) is 0.139. The van der Waals surface area contributed by atoms with E-state index in [0.29, 0.717) is 5.02 Å². The SMILES string of the molecule is O=C(O)CN(C(=O)c1cc(Cl)c[nH]1)C1CCS(=O)(=O)C1. The van der Waals surface area contributed by atoms with E-state index in [2.05, 4.69) is 4.98 Å². The van der Waals surface area contributed by atoms with Crippen molar-refractivity contribution in [3.63, 3.8) is 0 Å². The third-order valence-corrected chi connectivity index (χ3v) is 5.06. The minimum atomic E-state index is -3.21. The Hall–Kier alpha value is -1.54. The zero-order valence-corrected chi connectivity index (χ0v) is 11.9. The molecule has 9 heteroatoms. The molecular formula is C11H13ClN2O5S. The van der Waals surface area contributed by atoms with Gasteiger partial charge in [0.15, 0.2) is 9.84 Å². The summed E-state index contributed by atoms with van der Waals surface area (Å²) < 4.78 is 23.0. The Balaban J connectivity index is 2.24. The molecule has 110 valence electrons. The van der Waals surface area contributed by atoms with Crippen molar-refractivity contribution < 1.29 is 23.1 Å². The number of carboxylic acid groups (broad SMARTS) is 1. The molecule has 1 aliphatic rings. The summed E-state index contributed by atoms with van der Waals surface area (Å²) in [6.07, 6.45) is 1.65. The highest BCUT2D eigenvalue weighted by Crippen LogP contribution is 2.20. The Kier molecular flexibility index (Phi) is 4.05. The maximum atomic E-state index is 12.3. The normalized spacial score (nSPS) is 20.8. The molecule has 0 aromatic carbocycles. The average Bonchev–Trinajstić information content (AvgIpc) is 2.91. The second-order valence-corrected chi connectivity index (χ2v) is 7.28. The largest absolute Gasteiger partial charge is 0.480 e. The molecule has 0 aliphatic carbocycles. The first-order valence-corrected chi connectivity index (χ1v) is 8.05. The van der Waals surface area contributed by atoms with Crippen LogP contribution in [0.25, 0.3) is 0 Å². The third kappa shape index (κ3) is 3.31. The smallest absolute Gasteiger partial charge is 0.323 e. The van der Waals surface area contributed by atoms with Crippen molar-refractivity contribution in [2.75, 3.05) is 18.1 Å². The summed E-state index contributed by atoms with van der Waals surface area (Å²) in [6, 6.07) is 0.757. The number of carboxylic acids is 1. The highest BCUT2D eigenvalue weighted by atomic mass is 35.5. The number of nitrogens with zero attached hydrogens (tertiary/aromatic N) is 1. The summed E-state index contributed by atoms with van der Waals surface area (Å²) in [5.74, 6) is -2.01. The van der Waals surface area contributed by atoms with Crippen LogP contribution in [-0.4, -0.2) is 59.4 Å². The van der Waals surface area contributed by atoms with E-state index in [4.69, 9.17) is 16.7 Å². The van der Waals surface area contributed by atoms with Gasteiger partial charge in [0.25, 0.3) is 5.91 Å². The number of aromatic amines is 1. The molecule has 0 saturated carbocycles. The van der Waals surface area contributed by atoms with Crippen LogP contribution in [0.1, 0.15) is 16.9 Å². The molecule has 7 nitrogen and oxygen atoms in total. The van der Waals surface area contributed by atoms with Crippen LogP contribution in [-0.2, 0) is 14.6 Å². The molecule has 20 heavy (non-hydrogen) atoms. The summed E-state index contributed by atoms with van der Waals surface area (Å²) >= 11 is 5.71. The number of halogens is 1. The van der Waals surface area contributed by atoms with Gasteiger partial charge in [-0.1, -0.05) is 11.6 Å². The molecule has 2 heterocycles. The van der Waals surface area contributed by atoms with Crippen LogP contribution in [0.4, 0.5) is 0 Å². The number of rotatable bonds is 4. The fourth-order valence-corrected chi connectivity index (χ4v) is 4.07. The molecule has 2 rings (SSSR count). The molecule has 2 N–H and O–H groups in total. The van der Waals surface area contributed by atoms with Crippen molar-refractivity contribution in [1.82, 2.24) is 9.88 Å². The number of amides is 1. The summed E-state index contributed by atoms with van der Waals surface area (Å²) in [7, 11) is -3.21. The third-order valence-electron chi connectivity index (χ3n) is 3.09. The molecule has 1 atom stereocenters. The monoisotopic (exact) mass is 320 g/mol. The molecular weight excluding hydrogens is 308 g/mol. The molecule has 0 bridgehead atoms. The van der Waals surface area contributed by atoms with Crippen LogP contribution in [0.2, 0.25) is 5.02 Å². The van der Waals surface area contributed by atoms with Gasteiger partial charge in [0.05, 0.1) is 16.5 Å². The first kappa shape index (κ1) is 14.9. The molecule has 1 aliphatic heterocycles. The van der Waals surface area contributed by atoms with Crippen LogP contribution in [0.15, 0.2) is 12.3 Å². The standard InChI is InChI=1S/C11H13ClN2O5S/c12-7-3-9(13-4-7)11(17)14(5-10(15)16)8-1-2-20(18,19)6-8/h3-4,8,13H,1-2,5-6H2,(H,15,16). The van der Waals surface area contributed by atoms with E-state index in [-0.39, 0.29) is 23.6 Å². The van der Waals surface area contributed by atoms with Crippen molar-refractivity contribution in [2.24, 2.45) is 0 Å². The lowest BCUT2D eigenvalue weighted by molar-refractivity contribution is -0.138. The predicted octanol–water partition coefficient (Wildman–Crippen LogP) is 0.382. The molecule has 1 aromatic rings. The molecule has 1 aromatic heterocycles. The van der Waals surface area contributed by atoms with E-state index >= 15 is 0 Å². The van der Waals surface area contributed by atoms with Crippen molar-refractivity contribution >= 4 is 33.3 Å². The number of carbonyl (C=O) groups excluding carboxylic acids is 1. The average molecular weight is 321 g/mol. The number of aromatic nitrogens is 1. The Morgan fingerprint density at radius 3 is 2.65 bits per heavy atom. The maximum absolute atomic E-state index is 12.3. The highest BCUT2D eigenvalue weighted by molar-refractivity contribution is 7.91. The van der Waals surface area contributed by atoms with Gasteiger partial charge >= 0.3 is 5.97 Å². The van der Waals surface area contributed by atoms with Gasteiger partial charge < -0.3 is 15.0 Å². The zero-order valence-electron chi connectivity index (χ0n) is 10.4. The van der Waals surface area contributed by atoms with Crippen molar-refractivity contribution in [2.45, 2.75) is 12.5 Å². The lowest BCUT2D eigenvalue weighted by Gasteiger charge is -2.25. The van der Waals surface area contributed by atoms with Gasteiger partial charge in [-0.2, -0.15) is 0 Å². The molecule has 1 saturated heterocycles.